The first-order valence-electron chi connectivity index (χ1n) is 5.87. The molecule has 1 atom stereocenters. The summed E-state index contributed by atoms with van der Waals surface area (Å²) in [5.74, 6) is -0.294. The van der Waals surface area contributed by atoms with Crippen LogP contribution >= 0.6 is 34.5 Å². The lowest BCUT2D eigenvalue weighted by atomic mass is 10.1. The summed E-state index contributed by atoms with van der Waals surface area (Å²) in [6, 6.07) is 11.4. The molecule has 0 saturated carbocycles. The summed E-state index contributed by atoms with van der Waals surface area (Å²) in [5, 5.41) is 11.9. The molecule has 3 rings (SSSR count). The molecule has 3 aromatic rings. The third-order valence-electron chi connectivity index (χ3n) is 3.04. The predicted octanol–water partition coefficient (Wildman–Crippen LogP) is 5.43. The maximum absolute atomic E-state index is 13.2. The lowest BCUT2D eigenvalue weighted by Gasteiger charge is -2.11. The Hall–Kier alpha value is -1.13. The molecular formula is C15H9Cl2FOS. The summed E-state index contributed by atoms with van der Waals surface area (Å²) in [6.45, 7) is 0. The first kappa shape index (κ1) is 13.8. The number of hydrogen-bond acceptors (Lipinski definition) is 2. The number of halogens is 3. The third kappa shape index (κ3) is 2.42. The van der Waals surface area contributed by atoms with Crippen LogP contribution in [0.3, 0.4) is 0 Å². The van der Waals surface area contributed by atoms with E-state index in [2.05, 4.69) is 0 Å². The summed E-state index contributed by atoms with van der Waals surface area (Å²) in [6.07, 6.45) is -0.873. The summed E-state index contributed by atoms with van der Waals surface area (Å²) in [5.41, 5.74) is 0.547. The second-order valence-corrected chi connectivity index (χ2v) is 6.28. The van der Waals surface area contributed by atoms with Crippen LogP contribution in [0.4, 0.5) is 4.39 Å². The minimum atomic E-state index is -0.873. The maximum atomic E-state index is 13.2. The molecule has 0 saturated heterocycles. The molecule has 1 N–H and O–H groups in total. The van der Waals surface area contributed by atoms with Gasteiger partial charge >= 0.3 is 0 Å². The van der Waals surface area contributed by atoms with Crippen LogP contribution < -0.4 is 0 Å². The summed E-state index contributed by atoms with van der Waals surface area (Å²) in [4.78, 5) is 0.703. The number of aliphatic hydroxyl groups excluding tert-OH is 1. The smallest absolute Gasteiger partial charge is 0.123 e. The van der Waals surface area contributed by atoms with Crippen molar-refractivity contribution >= 4 is 44.6 Å². The second kappa shape index (κ2) is 5.34. The van der Waals surface area contributed by atoms with Gasteiger partial charge in [0, 0.05) is 15.1 Å². The van der Waals surface area contributed by atoms with Crippen LogP contribution in [0.2, 0.25) is 10.0 Å². The van der Waals surface area contributed by atoms with E-state index in [1.807, 2.05) is 0 Å². The van der Waals surface area contributed by atoms with E-state index in [1.54, 1.807) is 30.3 Å². The van der Waals surface area contributed by atoms with Crippen molar-refractivity contribution in [1.82, 2.24) is 0 Å². The van der Waals surface area contributed by atoms with Crippen LogP contribution in [-0.2, 0) is 0 Å². The van der Waals surface area contributed by atoms with Gasteiger partial charge < -0.3 is 5.11 Å². The predicted molar refractivity (Wildman–Crippen MR) is 82.3 cm³/mol. The lowest BCUT2D eigenvalue weighted by molar-refractivity contribution is 0.224. The highest BCUT2D eigenvalue weighted by molar-refractivity contribution is 7.19. The number of hydrogen-bond donors (Lipinski definition) is 1. The van der Waals surface area contributed by atoms with E-state index in [9.17, 15) is 9.50 Å². The fourth-order valence-corrected chi connectivity index (χ4v) is 3.52. The van der Waals surface area contributed by atoms with E-state index < -0.39 is 6.10 Å². The monoisotopic (exact) mass is 326 g/mol. The maximum Gasteiger partial charge on any atom is 0.123 e. The van der Waals surface area contributed by atoms with E-state index in [0.29, 0.717) is 20.5 Å². The van der Waals surface area contributed by atoms with Gasteiger partial charge in [-0.3, -0.25) is 0 Å². The van der Waals surface area contributed by atoms with Gasteiger partial charge in [-0.1, -0.05) is 35.3 Å². The van der Waals surface area contributed by atoms with Crippen molar-refractivity contribution in [3.8, 4) is 0 Å². The number of benzene rings is 2. The van der Waals surface area contributed by atoms with Crippen molar-refractivity contribution in [3.05, 3.63) is 68.8 Å². The minimum Gasteiger partial charge on any atom is -0.383 e. The highest BCUT2D eigenvalue weighted by Crippen LogP contribution is 2.37. The number of thiophene rings is 1. The van der Waals surface area contributed by atoms with Gasteiger partial charge in [-0.05, 0) is 35.7 Å². The highest BCUT2D eigenvalue weighted by atomic mass is 35.5. The van der Waals surface area contributed by atoms with E-state index >= 15 is 0 Å². The first-order chi connectivity index (χ1) is 9.56. The second-order valence-electron chi connectivity index (χ2n) is 4.38. The molecule has 0 aliphatic rings. The zero-order valence-corrected chi connectivity index (χ0v) is 12.4. The van der Waals surface area contributed by atoms with Crippen LogP contribution in [0.15, 0.2) is 42.5 Å². The van der Waals surface area contributed by atoms with Crippen molar-refractivity contribution in [2.75, 3.05) is 0 Å². The first-order valence-corrected chi connectivity index (χ1v) is 7.44. The number of fused-ring (bicyclic) bond motifs is 1. The molecule has 1 heterocycles. The molecule has 0 aliphatic carbocycles. The van der Waals surface area contributed by atoms with Crippen molar-refractivity contribution in [2.24, 2.45) is 0 Å². The SMILES string of the molecule is OC(c1cc2cc(F)ccc2s1)c1cccc(Cl)c1Cl. The molecule has 1 aromatic heterocycles. The van der Waals surface area contributed by atoms with Crippen molar-refractivity contribution in [1.29, 1.82) is 0 Å². The van der Waals surface area contributed by atoms with Gasteiger partial charge in [0.2, 0.25) is 0 Å². The average Bonchev–Trinajstić information content (AvgIpc) is 2.84. The Morgan fingerprint density at radius 3 is 2.70 bits per heavy atom. The van der Waals surface area contributed by atoms with Gasteiger partial charge in [0.25, 0.3) is 0 Å². The van der Waals surface area contributed by atoms with Crippen LogP contribution in [0.1, 0.15) is 16.5 Å². The van der Waals surface area contributed by atoms with Crippen LogP contribution in [0.5, 0.6) is 0 Å². The minimum absolute atomic E-state index is 0.294. The quantitative estimate of drug-likeness (QED) is 0.665. The Morgan fingerprint density at radius 2 is 1.90 bits per heavy atom. The number of rotatable bonds is 2. The Morgan fingerprint density at radius 1 is 1.10 bits per heavy atom. The molecule has 0 fully saturated rings. The summed E-state index contributed by atoms with van der Waals surface area (Å²) < 4.78 is 14.1. The highest BCUT2D eigenvalue weighted by Gasteiger charge is 2.18. The van der Waals surface area contributed by atoms with Crippen molar-refractivity contribution < 1.29 is 9.50 Å². The molecule has 0 spiro atoms. The van der Waals surface area contributed by atoms with E-state index in [0.717, 1.165) is 10.1 Å². The fourth-order valence-electron chi connectivity index (χ4n) is 2.05. The lowest BCUT2D eigenvalue weighted by Crippen LogP contribution is -1.98. The normalized spacial score (nSPS) is 12.8. The van der Waals surface area contributed by atoms with Crippen LogP contribution in [0.25, 0.3) is 10.1 Å². The molecule has 1 unspecified atom stereocenters. The zero-order valence-electron chi connectivity index (χ0n) is 10.1. The Kier molecular flexibility index (Phi) is 3.69. The van der Waals surface area contributed by atoms with E-state index in [4.69, 9.17) is 23.2 Å². The Labute approximate surface area is 129 Å². The topological polar surface area (TPSA) is 20.2 Å². The standard InChI is InChI=1S/C15H9Cl2FOS/c16-11-3-1-2-10(14(11)17)15(19)13-7-8-6-9(18)4-5-12(8)20-13/h1-7,15,19H. The molecule has 2 aromatic carbocycles. The third-order valence-corrected chi connectivity index (χ3v) is 5.04. The Balaban J connectivity index is 2.08. The van der Waals surface area contributed by atoms with Gasteiger partial charge in [-0.15, -0.1) is 11.3 Å². The largest absolute Gasteiger partial charge is 0.383 e. The van der Waals surface area contributed by atoms with Gasteiger partial charge in [0.1, 0.15) is 11.9 Å². The number of aliphatic hydroxyl groups is 1. The molecule has 102 valence electrons. The molecule has 5 heteroatoms. The van der Waals surface area contributed by atoms with Gasteiger partial charge in [0.05, 0.1) is 10.0 Å². The molecule has 20 heavy (non-hydrogen) atoms. The van der Waals surface area contributed by atoms with Crippen molar-refractivity contribution in [3.63, 3.8) is 0 Å². The average molecular weight is 327 g/mol. The molecule has 0 radical (unpaired) electrons. The zero-order chi connectivity index (χ0) is 14.3. The van der Waals surface area contributed by atoms with Crippen LogP contribution in [-0.4, -0.2) is 5.11 Å². The Bertz CT molecular complexity index is 785. The van der Waals surface area contributed by atoms with Gasteiger partial charge in [0.15, 0.2) is 0 Å². The molecule has 0 aliphatic heterocycles. The van der Waals surface area contributed by atoms with Gasteiger partial charge in [-0.25, -0.2) is 4.39 Å². The molecular weight excluding hydrogens is 318 g/mol. The molecule has 0 bridgehead atoms. The molecule has 1 nitrogen and oxygen atoms in total. The fraction of sp³-hybridized carbons (Fsp3) is 0.0667. The summed E-state index contributed by atoms with van der Waals surface area (Å²) >= 11 is 13.5. The van der Waals surface area contributed by atoms with E-state index in [1.165, 1.54) is 23.5 Å². The van der Waals surface area contributed by atoms with Crippen molar-refractivity contribution in [2.45, 2.75) is 6.10 Å². The summed E-state index contributed by atoms with van der Waals surface area (Å²) in [7, 11) is 0. The van der Waals surface area contributed by atoms with E-state index in [-0.39, 0.29) is 5.82 Å². The van der Waals surface area contributed by atoms with Crippen LogP contribution in [0, 0.1) is 5.82 Å². The van der Waals surface area contributed by atoms with Gasteiger partial charge in [-0.2, -0.15) is 0 Å². The molecule has 0 amide bonds.